The molecule has 0 unspecified atom stereocenters. The molecule has 0 spiro atoms. The van der Waals surface area contributed by atoms with E-state index in [4.69, 9.17) is 0 Å². The maximum absolute atomic E-state index is 12.2. The van der Waals surface area contributed by atoms with Crippen LogP contribution < -0.4 is 5.56 Å². The van der Waals surface area contributed by atoms with Crippen molar-refractivity contribution in [1.29, 1.82) is 0 Å². The molecule has 0 bridgehead atoms. The molecule has 20 heavy (non-hydrogen) atoms. The minimum absolute atomic E-state index is 0.00976. The number of hydrogen-bond acceptors (Lipinski definition) is 4. The molecule has 1 N–H and O–H groups in total. The van der Waals surface area contributed by atoms with E-state index in [0.29, 0.717) is 17.8 Å². The Morgan fingerprint density at radius 2 is 2.10 bits per heavy atom. The van der Waals surface area contributed by atoms with Gasteiger partial charge in [-0.1, -0.05) is 26.8 Å². The van der Waals surface area contributed by atoms with Gasteiger partial charge in [-0.25, -0.2) is 4.68 Å². The summed E-state index contributed by atoms with van der Waals surface area (Å²) in [5.74, 6) is -0.00976. The zero-order valence-electron chi connectivity index (χ0n) is 12.3. The molecule has 0 aliphatic heterocycles. The smallest absolute Gasteiger partial charge is 0.273 e. The Hall–Kier alpha value is -1.62. The van der Waals surface area contributed by atoms with Crippen LogP contribution in [0.15, 0.2) is 22.3 Å². The molecule has 2 rings (SSSR count). The van der Waals surface area contributed by atoms with Gasteiger partial charge >= 0.3 is 0 Å². The predicted molar refractivity (Wildman–Crippen MR) is 82.3 cm³/mol. The first kappa shape index (κ1) is 14.8. The van der Waals surface area contributed by atoms with Crippen LogP contribution in [0.25, 0.3) is 10.6 Å². The van der Waals surface area contributed by atoms with Crippen molar-refractivity contribution < 1.29 is 5.11 Å². The van der Waals surface area contributed by atoms with Gasteiger partial charge in [0.05, 0.1) is 10.4 Å². The van der Waals surface area contributed by atoms with Gasteiger partial charge in [-0.15, -0.1) is 11.3 Å². The van der Waals surface area contributed by atoms with E-state index >= 15 is 0 Å². The lowest BCUT2D eigenvalue weighted by atomic mass is 9.92. The summed E-state index contributed by atoms with van der Waals surface area (Å²) >= 11 is 1.50. The van der Waals surface area contributed by atoms with Crippen LogP contribution in [0, 0.1) is 12.3 Å². The van der Waals surface area contributed by atoms with E-state index in [0.717, 1.165) is 11.3 Å². The first-order chi connectivity index (χ1) is 9.29. The van der Waals surface area contributed by atoms with Crippen LogP contribution in [0.4, 0.5) is 0 Å². The van der Waals surface area contributed by atoms with Crippen LogP contribution in [0.3, 0.4) is 0 Å². The summed E-state index contributed by atoms with van der Waals surface area (Å²) in [6, 6.07) is 3.80. The lowest BCUT2D eigenvalue weighted by Crippen LogP contribution is -2.27. The monoisotopic (exact) mass is 292 g/mol. The largest absolute Gasteiger partial charge is 0.505 e. The van der Waals surface area contributed by atoms with Crippen molar-refractivity contribution in [1.82, 2.24) is 9.78 Å². The van der Waals surface area contributed by atoms with Gasteiger partial charge in [0.2, 0.25) is 0 Å². The lowest BCUT2D eigenvalue weighted by molar-refractivity contribution is 0.334. The standard InChI is InChI=1S/C15H20N2O2S/c1-10-13(18)12(11-6-5-9-20-11)16-17(14(10)19)8-7-15(2,3)4/h5-6,9,18H,7-8H2,1-4H3. The number of aryl methyl sites for hydroxylation is 1. The van der Waals surface area contributed by atoms with Crippen LogP contribution in [-0.2, 0) is 6.54 Å². The van der Waals surface area contributed by atoms with Crippen molar-refractivity contribution >= 4 is 11.3 Å². The van der Waals surface area contributed by atoms with E-state index in [9.17, 15) is 9.90 Å². The maximum Gasteiger partial charge on any atom is 0.273 e. The molecule has 0 saturated carbocycles. The van der Waals surface area contributed by atoms with Crippen molar-refractivity contribution in [3.8, 4) is 16.3 Å². The summed E-state index contributed by atoms with van der Waals surface area (Å²) in [5.41, 5.74) is 0.770. The zero-order chi connectivity index (χ0) is 14.9. The highest BCUT2D eigenvalue weighted by atomic mass is 32.1. The van der Waals surface area contributed by atoms with Crippen LogP contribution in [0.2, 0.25) is 0 Å². The van der Waals surface area contributed by atoms with Crippen molar-refractivity contribution in [2.45, 2.75) is 40.7 Å². The van der Waals surface area contributed by atoms with Crippen molar-refractivity contribution in [3.05, 3.63) is 33.4 Å². The molecule has 0 aliphatic rings. The first-order valence-corrected chi connectivity index (χ1v) is 7.52. The number of hydrogen-bond donors (Lipinski definition) is 1. The fourth-order valence-electron chi connectivity index (χ4n) is 1.86. The topological polar surface area (TPSA) is 55.1 Å². The van der Waals surface area contributed by atoms with E-state index in [1.165, 1.54) is 16.0 Å². The Labute approximate surface area is 122 Å². The van der Waals surface area contributed by atoms with Crippen LogP contribution >= 0.6 is 11.3 Å². The van der Waals surface area contributed by atoms with Gasteiger partial charge in [0, 0.05) is 6.54 Å². The number of nitrogens with zero attached hydrogens (tertiary/aromatic N) is 2. The van der Waals surface area contributed by atoms with Crippen molar-refractivity contribution in [3.63, 3.8) is 0 Å². The van der Waals surface area contributed by atoms with Crippen molar-refractivity contribution in [2.75, 3.05) is 0 Å². The minimum atomic E-state index is -0.216. The third-order valence-corrected chi connectivity index (χ3v) is 4.06. The predicted octanol–water partition coefficient (Wildman–Crippen LogP) is 3.42. The number of rotatable bonds is 3. The van der Waals surface area contributed by atoms with Crippen LogP contribution in [0.5, 0.6) is 5.75 Å². The molecule has 0 aliphatic carbocycles. The van der Waals surface area contributed by atoms with E-state index in [2.05, 4.69) is 25.9 Å². The average Bonchev–Trinajstić information content (AvgIpc) is 2.88. The summed E-state index contributed by atoms with van der Waals surface area (Å²) in [6.07, 6.45) is 0.855. The fraction of sp³-hybridized carbons (Fsp3) is 0.467. The third kappa shape index (κ3) is 3.10. The number of thiophene rings is 1. The highest BCUT2D eigenvalue weighted by Gasteiger charge is 2.17. The molecule has 0 fully saturated rings. The van der Waals surface area contributed by atoms with E-state index in [-0.39, 0.29) is 16.7 Å². The molecular weight excluding hydrogens is 272 g/mol. The average molecular weight is 292 g/mol. The highest BCUT2D eigenvalue weighted by molar-refractivity contribution is 7.13. The van der Waals surface area contributed by atoms with E-state index < -0.39 is 0 Å². The molecule has 0 atom stereocenters. The highest BCUT2D eigenvalue weighted by Crippen LogP contribution is 2.31. The molecule has 0 saturated heterocycles. The van der Waals surface area contributed by atoms with E-state index in [1.54, 1.807) is 6.92 Å². The molecule has 2 heterocycles. The second-order valence-electron chi connectivity index (χ2n) is 6.14. The minimum Gasteiger partial charge on any atom is -0.505 e. The molecule has 108 valence electrons. The molecule has 4 nitrogen and oxygen atoms in total. The molecule has 5 heteroatoms. The molecule has 0 amide bonds. The molecular formula is C15H20N2O2S. The third-order valence-electron chi connectivity index (χ3n) is 3.18. The van der Waals surface area contributed by atoms with Gasteiger partial charge in [-0.2, -0.15) is 5.10 Å². The summed E-state index contributed by atoms with van der Waals surface area (Å²) in [5, 5.41) is 16.4. The van der Waals surface area contributed by atoms with Crippen molar-refractivity contribution in [2.24, 2.45) is 5.41 Å². The Morgan fingerprint density at radius 3 is 2.65 bits per heavy atom. The maximum atomic E-state index is 12.2. The molecule has 2 aromatic rings. The molecule has 0 aromatic carbocycles. The van der Waals surface area contributed by atoms with Crippen LogP contribution in [-0.4, -0.2) is 14.9 Å². The Morgan fingerprint density at radius 1 is 1.40 bits per heavy atom. The fourth-order valence-corrected chi connectivity index (χ4v) is 2.57. The Bertz CT molecular complexity index is 652. The van der Waals surface area contributed by atoms with Gasteiger partial charge in [-0.05, 0) is 30.2 Å². The Balaban J connectivity index is 2.46. The molecule has 2 aromatic heterocycles. The van der Waals surface area contributed by atoms with Gasteiger partial charge in [0.1, 0.15) is 5.69 Å². The first-order valence-electron chi connectivity index (χ1n) is 6.64. The van der Waals surface area contributed by atoms with E-state index in [1.807, 2.05) is 17.5 Å². The second-order valence-corrected chi connectivity index (χ2v) is 7.09. The molecule has 0 radical (unpaired) electrons. The number of aromatic hydroxyl groups is 1. The number of aromatic nitrogens is 2. The summed E-state index contributed by atoms with van der Waals surface area (Å²) < 4.78 is 1.47. The van der Waals surface area contributed by atoms with Crippen LogP contribution in [0.1, 0.15) is 32.8 Å². The Kier molecular flexibility index (Phi) is 3.99. The van der Waals surface area contributed by atoms with Gasteiger partial charge in [0.25, 0.3) is 5.56 Å². The SMILES string of the molecule is Cc1c(O)c(-c2cccs2)nn(CCC(C)(C)C)c1=O. The zero-order valence-corrected chi connectivity index (χ0v) is 13.1. The second kappa shape index (κ2) is 5.40. The summed E-state index contributed by atoms with van der Waals surface area (Å²) in [7, 11) is 0. The van der Waals surface area contributed by atoms with Gasteiger partial charge in [-0.3, -0.25) is 4.79 Å². The van der Waals surface area contributed by atoms with Gasteiger partial charge < -0.3 is 5.11 Å². The summed E-state index contributed by atoms with van der Waals surface area (Å²) in [4.78, 5) is 13.0. The summed E-state index contributed by atoms with van der Waals surface area (Å²) in [6.45, 7) is 8.59. The quantitative estimate of drug-likeness (QED) is 0.943. The van der Waals surface area contributed by atoms with Gasteiger partial charge in [0.15, 0.2) is 5.75 Å². The lowest BCUT2D eigenvalue weighted by Gasteiger charge is -2.18. The normalized spacial score (nSPS) is 11.8.